The van der Waals surface area contributed by atoms with Crippen LogP contribution in [0, 0.1) is 12.7 Å². The molecule has 1 rings (SSSR count). The third kappa shape index (κ3) is 4.15. The maximum absolute atomic E-state index is 13.7. The number of unbranched alkanes of at least 4 members (excludes halogenated alkanes) is 1. The third-order valence-corrected chi connectivity index (χ3v) is 4.91. The van der Waals surface area contributed by atoms with Crippen LogP contribution < -0.4 is 11.5 Å². The first-order chi connectivity index (χ1) is 9.70. The Kier molecular flexibility index (Phi) is 5.68. The molecule has 118 valence electrons. The second-order valence-corrected chi connectivity index (χ2v) is 6.72. The van der Waals surface area contributed by atoms with Crippen LogP contribution in [0.15, 0.2) is 17.0 Å². The minimum atomic E-state index is -4.02. The van der Waals surface area contributed by atoms with Crippen LogP contribution >= 0.6 is 0 Å². The van der Waals surface area contributed by atoms with Gasteiger partial charge in [-0.2, -0.15) is 4.31 Å². The van der Waals surface area contributed by atoms with E-state index >= 15 is 0 Å². The molecule has 0 aliphatic heterocycles. The van der Waals surface area contributed by atoms with Crippen LogP contribution in [0.5, 0.6) is 0 Å². The van der Waals surface area contributed by atoms with E-state index in [1.54, 1.807) is 0 Å². The van der Waals surface area contributed by atoms with Crippen LogP contribution in [-0.2, 0) is 14.8 Å². The molecular formula is C13H20FN3O3S. The van der Waals surface area contributed by atoms with Crippen LogP contribution in [0.25, 0.3) is 0 Å². The molecule has 0 aliphatic carbocycles. The summed E-state index contributed by atoms with van der Waals surface area (Å²) in [6.07, 6.45) is 1.31. The number of benzene rings is 1. The smallest absolute Gasteiger partial charge is 0.243 e. The van der Waals surface area contributed by atoms with Crippen molar-refractivity contribution in [1.82, 2.24) is 4.31 Å². The number of nitrogens with zero attached hydrogens (tertiary/aromatic N) is 1. The molecule has 21 heavy (non-hydrogen) atoms. The zero-order valence-electron chi connectivity index (χ0n) is 12.1. The van der Waals surface area contributed by atoms with Gasteiger partial charge in [0, 0.05) is 17.8 Å². The normalized spacial score (nSPS) is 11.8. The first-order valence-electron chi connectivity index (χ1n) is 6.54. The average molecular weight is 317 g/mol. The number of primary amides is 1. The summed E-state index contributed by atoms with van der Waals surface area (Å²) in [6.45, 7) is 3.03. The van der Waals surface area contributed by atoms with E-state index in [2.05, 4.69) is 0 Å². The Balaban J connectivity index is 3.24. The van der Waals surface area contributed by atoms with Crippen LogP contribution in [0.3, 0.4) is 0 Å². The number of rotatable bonds is 7. The SMILES string of the molecule is CCCCN(CC(N)=O)S(=O)(=O)c1cc(N)c(C)c(F)c1. The Bertz CT molecular complexity index is 609. The Labute approximate surface area is 124 Å². The van der Waals surface area contributed by atoms with Crippen molar-refractivity contribution in [3.8, 4) is 0 Å². The lowest BCUT2D eigenvalue weighted by Crippen LogP contribution is -2.39. The lowest BCUT2D eigenvalue weighted by Gasteiger charge is -2.21. The van der Waals surface area contributed by atoms with Crippen molar-refractivity contribution < 1.29 is 17.6 Å². The van der Waals surface area contributed by atoms with Gasteiger partial charge in [-0.15, -0.1) is 0 Å². The molecule has 1 amide bonds. The zero-order chi connectivity index (χ0) is 16.2. The molecular weight excluding hydrogens is 297 g/mol. The van der Waals surface area contributed by atoms with Crippen molar-refractivity contribution in [2.75, 3.05) is 18.8 Å². The molecule has 4 N–H and O–H groups in total. The molecule has 0 heterocycles. The summed E-state index contributed by atoms with van der Waals surface area (Å²) in [5.74, 6) is -1.47. The molecule has 0 radical (unpaired) electrons. The number of hydrogen-bond acceptors (Lipinski definition) is 4. The van der Waals surface area contributed by atoms with E-state index < -0.39 is 28.3 Å². The first kappa shape index (κ1) is 17.4. The molecule has 0 saturated carbocycles. The molecule has 0 fully saturated rings. The van der Waals surface area contributed by atoms with Crippen LogP contribution in [-0.4, -0.2) is 31.7 Å². The number of carbonyl (C=O) groups excluding carboxylic acids is 1. The quantitative estimate of drug-likeness (QED) is 0.731. The van der Waals surface area contributed by atoms with Gasteiger partial charge in [-0.05, 0) is 25.5 Å². The molecule has 0 unspecified atom stereocenters. The van der Waals surface area contributed by atoms with Crippen LogP contribution in [0.2, 0.25) is 0 Å². The fraction of sp³-hybridized carbons (Fsp3) is 0.462. The largest absolute Gasteiger partial charge is 0.398 e. The average Bonchev–Trinajstić information content (AvgIpc) is 2.39. The van der Waals surface area contributed by atoms with Gasteiger partial charge in [-0.25, -0.2) is 12.8 Å². The number of amides is 1. The van der Waals surface area contributed by atoms with Crippen LogP contribution in [0.1, 0.15) is 25.3 Å². The van der Waals surface area contributed by atoms with Gasteiger partial charge in [0.05, 0.1) is 11.4 Å². The van der Waals surface area contributed by atoms with Crippen molar-refractivity contribution in [1.29, 1.82) is 0 Å². The van der Waals surface area contributed by atoms with Crippen LogP contribution in [0.4, 0.5) is 10.1 Å². The van der Waals surface area contributed by atoms with E-state index in [-0.39, 0.29) is 22.7 Å². The van der Waals surface area contributed by atoms with E-state index in [9.17, 15) is 17.6 Å². The van der Waals surface area contributed by atoms with E-state index in [0.29, 0.717) is 6.42 Å². The molecule has 6 nitrogen and oxygen atoms in total. The number of halogens is 1. The predicted octanol–water partition coefficient (Wildman–Crippen LogP) is 0.992. The lowest BCUT2D eigenvalue weighted by atomic mass is 10.2. The number of nitrogens with two attached hydrogens (primary N) is 2. The highest BCUT2D eigenvalue weighted by Crippen LogP contribution is 2.23. The first-order valence-corrected chi connectivity index (χ1v) is 7.98. The van der Waals surface area contributed by atoms with E-state index in [4.69, 9.17) is 11.5 Å². The highest BCUT2D eigenvalue weighted by atomic mass is 32.2. The van der Waals surface area contributed by atoms with Gasteiger partial charge in [0.25, 0.3) is 0 Å². The lowest BCUT2D eigenvalue weighted by molar-refractivity contribution is -0.118. The Morgan fingerprint density at radius 1 is 1.38 bits per heavy atom. The molecule has 0 aromatic heterocycles. The summed E-state index contributed by atoms with van der Waals surface area (Å²) in [4.78, 5) is 10.8. The van der Waals surface area contributed by atoms with Gasteiger partial charge in [0.15, 0.2) is 0 Å². The standard InChI is InChI=1S/C13H20FN3O3S/c1-3-4-5-17(8-13(16)18)21(19,20)10-6-11(14)9(2)12(15)7-10/h6-7H,3-5,8,15H2,1-2H3,(H2,16,18). The van der Waals surface area contributed by atoms with Gasteiger partial charge in [-0.1, -0.05) is 13.3 Å². The fourth-order valence-electron chi connectivity index (χ4n) is 1.76. The Hall–Kier alpha value is -1.67. The Morgan fingerprint density at radius 2 is 2.00 bits per heavy atom. The summed E-state index contributed by atoms with van der Waals surface area (Å²) in [5.41, 5.74) is 10.9. The number of carbonyl (C=O) groups is 1. The van der Waals surface area contributed by atoms with Gasteiger partial charge in [0.2, 0.25) is 15.9 Å². The minimum Gasteiger partial charge on any atom is -0.398 e. The number of sulfonamides is 1. The predicted molar refractivity (Wildman–Crippen MR) is 78.4 cm³/mol. The highest BCUT2D eigenvalue weighted by Gasteiger charge is 2.26. The summed E-state index contributed by atoms with van der Waals surface area (Å²) >= 11 is 0. The van der Waals surface area contributed by atoms with Crippen molar-refractivity contribution in [3.63, 3.8) is 0 Å². The second kappa shape index (κ2) is 6.86. The summed E-state index contributed by atoms with van der Waals surface area (Å²) in [5, 5.41) is 0. The van der Waals surface area contributed by atoms with Gasteiger partial charge in [-0.3, -0.25) is 4.79 Å². The summed E-state index contributed by atoms with van der Waals surface area (Å²) < 4.78 is 39.6. The van der Waals surface area contributed by atoms with E-state index in [1.807, 2.05) is 6.92 Å². The van der Waals surface area contributed by atoms with E-state index in [0.717, 1.165) is 16.8 Å². The van der Waals surface area contributed by atoms with Gasteiger partial charge < -0.3 is 11.5 Å². The number of hydrogen-bond donors (Lipinski definition) is 2. The third-order valence-electron chi connectivity index (χ3n) is 3.09. The second-order valence-electron chi connectivity index (χ2n) is 4.78. The zero-order valence-corrected chi connectivity index (χ0v) is 12.9. The summed E-state index contributed by atoms with van der Waals surface area (Å²) in [6, 6.07) is 2.09. The Morgan fingerprint density at radius 3 is 2.48 bits per heavy atom. The van der Waals surface area contributed by atoms with E-state index in [1.165, 1.54) is 13.0 Å². The molecule has 0 atom stereocenters. The van der Waals surface area contributed by atoms with Crippen molar-refractivity contribution in [2.24, 2.45) is 5.73 Å². The minimum absolute atomic E-state index is 0.0445. The monoisotopic (exact) mass is 317 g/mol. The highest BCUT2D eigenvalue weighted by molar-refractivity contribution is 7.89. The van der Waals surface area contributed by atoms with Gasteiger partial charge >= 0.3 is 0 Å². The molecule has 1 aromatic carbocycles. The molecule has 0 bridgehead atoms. The molecule has 8 heteroatoms. The molecule has 0 spiro atoms. The van der Waals surface area contributed by atoms with Crippen molar-refractivity contribution >= 4 is 21.6 Å². The number of anilines is 1. The fourth-order valence-corrected chi connectivity index (χ4v) is 3.26. The van der Waals surface area contributed by atoms with Crippen molar-refractivity contribution in [3.05, 3.63) is 23.5 Å². The van der Waals surface area contributed by atoms with Gasteiger partial charge in [0.1, 0.15) is 5.82 Å². The molecule has 0 saturated heterocycles. The topological polar surface area (TPSA) is 106 Å². The maximum atomic E-state index is 13.7. The summed E-state index contributed by atoms with van der Waals surface area (Å²) in [7, 11) is -4.02. The maximum Gasteiger partial charge on any atom is 0.243 e. The molecule has 0 aliphatic rings. The number of nitrogen functional groups attached to an aromatic ring is 1. The molecule has 1 aromatic rings. The van der Waals surface area contributed by atoms with Crippen molar-refractivity contribution in [2.45, 2.75) is 31.6 Å².